The van der Waals surface area contributed by atoms with Crippen LogP contribution in [0.5, 0.6) is 0 Å². The number of benzene rings is 1. The molecule has 1 aromatic rings. The lowest BCUT2D eigenvalue weighted by atomic mass is 10.1. The first-order valence-electron chi connectivity index (χ1n) is 5.28. The average Bonchev–Trinajstić information content (AvgIpc) is 2.28. The van der Waals surface area contributed by atoms with E-state index in [2.05, 4.69) is 6.07 Å². The van der Waals surface area contributed by atoms with Crippen molar-refractivity contribution < 1.29 is 4.79 Å². The highest BCUT2D eigenvalue weighted by Crippen LogP contribution is 2.15. The van der Waals surface area contributed by atoms with Gasteiger partial charge in [-0.1, -0.05) is 6.07 Å². The lowest BCUT2D eigenvalue weighted by molar-refractivity contribution is 0.100. The summed E-state index contributed by atoms with van der Waals surface area (Å²) in [5, 5.41) is 8.48. The number of rotatable bonds is 5. The van der Waals surface area contributed by atoms with E-state index in [4.69, 9.17) is 16.7 Å². The van der Waals surface area contributed by atoms with Gasteiger partial charge in [0.15, 0.2) is 0 Å². The van der Waals surface area contributed by atoms with E-state index in [0.29, 0.717) is 30.8 Å². The van der Waals surface area contributed by atoms with Crippen molar-refractivity contribution in [3.63, 3.8) is 0 Å². The first-order valence-corrected chi connectivity index (χ1v) is 5.28. The molecular formula is C12H16N4O. The van der Waals surface area contributed by atoms with E-state index < -0.39 is 5.91 Å². The first-order chi connectivity index (χ1) is 8.04. The molecule has 0 heterocycles. The fourth-order valence-corrected chi connectivity index (χ4v) is 1.50. The molecule has 0 aliphatic carbocycles. The Morgan fingerprint density at radius 1 is 1.53 bits per heavy atom. The third-order valence-electron chi connectivity index (χ3n) is 2.48. The summed E-state index contributed by atoms with van der Waals surface area (Å²) in [5.41, 5.74) is 12.9. The largest absolute Gasteiger partial charge is 0.398 e. The fourth-order valence-electron chi connectivity index (χ4n) is 1.50. The maximum Gasteiger partial charge on any atom is 0.248 e. The Morgan fingerprint density at radius 2 is 2.24 bits per heavy atom. The van der Waals surface area contributed by atoms with Crippen LogP contribution in [-0.2, 0) is 6.54 Å². The number of nitrogens with zero attached hydrogens (tertiary/aromatic N) is 2. The predicted octanol–water partition coefficient (Wildman–Crippen LogP) is 0.713. The van der Waals surface area contributed by atoms with Crippen LogP contribution in [0.1, 0.15) is 22.3 Å². The van der Waals surface area contributed by atoms with Gasteiger partial charge in [0.2, 0.25) is 5.91 Å². The second-order valence-corrected chi connectivity index (χ2v) is 3.92. The highest BCUT2D eigenvalue weighted by Gasteiger charge is 2.07. The first kappa shape index (κ1) is 13.0. The van der Waals surface area contributed by atoms with Crippen LogP contribution < -0.4 is 11.5 Å². The number of nitriles is 1. The van der Waals surface area contributed by atoms with Crippen LogP contribution in [0.2, 0.25) is 0 Å². The number of nitrogens with two attached hydrogens (primary N) is 2. The Bertz CT molecular complexity index is 450. The van der Waals surface area contributed by atoms with Crippen LogP contribution in [0.4, 0.5) is 5.69 Å². The molecule has 0 unspecified atom stereocenters. The molecule has 0 bridgehead atoms. The van der Waals surface area contributed by atoms with Crippen molar-refractivity contribution >= 4 is 11.6 Å². The van der Waals surface area contributed by atoms with Gasteiger partial charge in [-0.15, -0.1) is 0 Å². The normalized spacial score (nSPS) is 10.2. The van der Waals surface area contributed by atoms with Crippen molar-refractivity contribution in [2.75, 3.05) is 19.3 Å². The van der Waals surface area contributed by atoms with Crippen LogP contribution >= 0.6 is 0 Å². The third kappa shape index (κ3) is 3.78. The molecule has 0 radical (unpaired) electrons. The molecule has 4 N–H and O–H groups in total. The summed E-state index contributed by atoms with van der Waals surface area (Å²) in [6.07, 6.45) is 0.482. The number of nitrogen functional groups attached to an aromatic ring is 1. The van der Waals surface area contributed by atoms with E-state index in [-0.39, 0.29) is 0 Å². The molecule has 0 aromatic heterocycles. The fraction of sp³-hybridized carbons (Fsp3) is 0.333. The molecule has 1 aromatic carbocycles. The van der Waals surface area contributed by atoms with E-state index >= 15 is 0 Å². The van der Waals surface area contributed by atoms with E-state index in [1.165, 1.54) is 0 Å². The number of carbonyl (C=O) groups is 1. The Hall–Kier alpha value is -2.06. The maximum absolute atomic E-state index is 10.9. The van der Waals surface area contributed by atoms with E-state index in [1.807, 2.05) is 11.9 Å². The standard InChI is InChI=1S/C12H16N4O/c1-16(6-2-5-13)8-10-4-3-9(12(15)17)7-11(10)14/h3-4,7H,2,6,8,14H2,1H3,(H2,15,17). The monoisotopic (exact) mass is 232 g/mol. The molecule has 1 amide bonds. The summed E-state index contributed by atoms with van der Waals surface area (Å²) in [7, 11) is 1.92. The minimum Gasteiger partial charge on any atom is -0.398 e. The zero-order chi connectivity index (χ0) is 12.8. The Balaban J connectivity index is 2.73. The van der Waals surface area contributed by atoms with Crippen molar-refractivity contribution in [1.29, 1.82) is 5.26 Å². The number of hydrogen-bond donors (Lipinski definition) is 2. The highest BCUT2D eigenvalue weighted by atomic mass is 16.1. The van der Waals surface area contributed by atoms with Crippen molar-refractivity contribution in [1.82, 2.24) is 4.90 Å². The van der Waals surface area contributed by atoms with Crippen molar-refractivity contribution in [2.24, 2.45) is 5.73 Å². The summed E-state index contributed by atoms with van der Waals surface area (Å²) < 4.78 is 0. The topological polar surface area (TPSA) is 96.1 Å². The molecule has 5 heteroatoms. The molecule has 0 atom stereocenters. The second kappa shape index (κ2) is 5.87. The zero-order valence-electron chi connectivity index (χ0n) is 9.81. The van der Waals surface area contributed by atoms with Crippen LogP contribution in [-0.4, -0.2) is 24.4 Å². The van der Waals surface area contributed by atoms with Crippen molar-refractivity contribution in [3.8, 4) is 6.07 Å². The quantitative estimate of drug-likeness (QED) is 0.731. The minimum absolute atomic E-state index is 0.408. The van der Waals surface area contributed by atoms with Gasteiger partial charge in [0.25, 0.3) is 0 Å². The van der Waals surface area contributed by atoms with E-state index in [0.717, 1.165) is 5.56 Å². The molecule has 90 valence electrons. The second-order valence-electron chi connectivity index (χ2n) is 3.92. The minimum atomic E-state index is -0.485. The van der Waals surface area contributed by atoms with Gasteiger partial charge in [-0.05, 0) is 24.7 Å². The summed E-state index contributed by atoms with van der Waals surface area (Å²) >= 11 is 0. The SMILES string of the molecule is CN(CCC#N)Cc1ccc(C(N)=O)cc1N. The van der Waals surface area contributed by atoms with Gasteiger partial charge in [-0.25, -0.2) is 0 Å². The average molecular weight is 232 g/mol. The van der Waals surface area contributed by atoms with Gasteiger partial charge >= 0.3 is 0 Å². The highest BCUT2D eigenvalue weighted by molar-refractivity contribution is 5.93. The molecule has 1 rings (SSSR count). The van der Waals surface area contributed by atoms with Crippen LogP contribution in [0, 0.1) is 11.3 Å². The lowest BCUT2D eigenvalue weighted by Crippen LogP contribution is -2.20. The number of hydrogen-bond acceptors (Lipinski definition) is 4. The molecule has 0 aliphatic heterocycles. The summed E-state index contributed by atoms with van der Waals surface area (Å²) in [5.74, 6) is -0.485. The molecule has 5 nitrogen and oxygen atoms in total. The Morgan fingerprint density at radius 3 is 2.76 bits per heavy atom. The van der Waals surface area contributed by atoms with Gasteiger partial charge < -0.3 is 16.4 Å². The molecule has 0 aliphatic rings. The predicted molar refractivity (Wildman–Crippen MR) is 65.9 cm³/mol. The molecule has 0 fully saturated rings. The number of amides is 1. The number of carbonyl (C=O) groups excluding carboxylic acids is 1. The van der Waals surface area contributed by atoms with Gasteiger partial charge in [-0.3, -0.25) is 4.79 Å². The molecule has 0 spiro atoms. The smallest absolute Gasteiger partial charge is 0.248 e. The molecule has 0 saturated heterocycles. The summed E-state index contributed by atoms with van der Waals surface area (Å²) in [6, 6.07) is 7.12. The molecule has 17 heavy (non-hydrogen) atoms. The van der Waals surface area contributed by atoms with Gasteiger partial charge in [-0.2, -0.15) is 5.26 Å². The van der Waals surface area contributed by atoms with Crippen molar-refractivity contribution in [2.45, 2.75) is 13.0 Å². The molecular weight excluding hydrogens is 216 g/mol. The van der Waals surface area contributed by atoms with Gasteiger partial charge in [0.05, 0.1) is 6.07 Å². The zero-order valence-corrected chi connectivity index (χ0v) is 9.81. The molecule has 0 saturated carbocycles. The van der Waals surface area contributed by atoms with E-state index in [9.17, 15) is 4.79 Å². The maximum atomic E-state index is 10.9. The van der Waals surface area contributed by atoms with Crippen molar-refractivity contribution in [3.05, 3.63) is 29.3 Å². The summed E-state index contributed by atoms with van der Waals surface area (Å²) in [4.78, 5) is 12.9. The Labute approximate surface area is 101 Å². The van der Waals surface area contributed by atoms with Crippen LogP contribution in [0.3, 0.4) is 0 Å². The number of anilines is 1. The lowest BCUT2D eigenvalue weighted by Gasteiger charge is -2.16. The van der Waals surface area contributed by atoms with Crippen LogP contribution in [0.15, 0.2) is 18.2 Å². The van der Waals surface area contributed by atoms with E-state index in [1.54, 1.807) is 18.2 Å². The van der Waals surface area contributed by atoms with Crippen LogP contribution in [0.25, 0.3) is 0 Å². The number of primary amides is 1. The van der Waals surface area contributed by atoms with Gasteiger partial charge in [0, 0.05) is 30.8 Å². The summed E-state index contributed by atoms with van der Waals surface area (Å²) in [6.45, 7) is 1.33. The van der Waals surface area contributed by atoms with Gasteiger partial charge in [0.1, 0.15) is 0 Å². The Kier molecular flexibility index (Phi) is 4.49. The third-order valence-corrected chi connectivity index (χ3v) is 2.48.